The number of aryl methyl sites for hydroxylation is 1. The zero-order valence-corrected chi connectivity index (χ0v) is 12.7. The van der Waals surface area contributed by atoms with E-state index < -0.39 is 6.10 Å². The molecule has 0 aliphatic heterocycles. The topological polar surface area (TPSA) is 41.5 Å². The number of nitrogens with one attached hydrogen (secondary N) is 1. The Morgan fingerprint density at radius 2 is 2.21 bits per heavy atom. The van der Waals surface area contributed by atoms with Gasteiger partial charge in [0.1, 0.15) is 5.75 Å². The van der Waals surface area contributed by atoms with E-state index in [9.17, 15) is 5.11 Å². The smallest absolute Gasteiger partial charge is 0.124 e. The lowest BCUT2D eigenvalue weighted by Crippen LogP contribution is -2.29. The minimum absolute atomic E-state index is 0.427. The number of ether oxygens (including phenoxy) is 1. The summed E-state index contributed by atoms with van der Waals surface area (Å²) in [6, 6.07) is 5.90. The molecule has 1 aromatic rings. The van der Waals surface area contributed by atoms with Crippen molar-refractivity contribution in [1.82, 2.24) is 5.32 Å². The van der Waals surface area contributed by atoms with E-state index in [2.05, 4.69) is 11.6 Å². The minimum atomic E-state index is -0.521. The van der Waals surface area contributed by atoms with Gasteiger partial charge in [0.05, 0.1) is 13.2 Å². The first-order valence-corrected chi connectivity index (χ1v) is 7.91. The fourth-order valence-corrected chi connectivity index (χ4v) is 3.01. The SMILES string of the molecule is COc1ccc(C)cc1C(O)CNCC1(SC)CC1. The summed E-state index contributed by atoms with van der Waals surface area (Å²) < 4.78 is 5.74. The van der Waals surface area contributed by atoms with Crippen molar-refractivity contribution >= 4 is 11.8 Å². The molecule has 0 amide bonds. The summed E-state index contributed by atoms with van der Waals surface area (Å²) in [5.74, 6) is 0.755. The molecule has 1 fully saturated rings. The van der Waals surface area contributed by atoms with E-state index >= 15 is 0 Å². The van der Waals surface area contributed by atoms with Gasteiger partial charge in [0.15, 0.2) is 0 Å². The quantitative estimate of drug-likeness (QED) is 0.806. The first-order valence-electron chi connectivity index (χ1n) is 6.69. The normalized spacial score (nSPS) is 18.1. The molecule has 1 saturated carbocycles. The molecule has 1 aliphatic carbocycles. The predicted octanol–water partition coefficient (Wildman–Crippen LogP) is 2.52. The molecule has 2 rings (SSSR count). The van der Waals surface area contributed by atoms with Gasteiger partial charge in [0, 0.05) is 23.4 Å². The molecule has 1 aliphatic rings. The number of thioether (sulfide) groups is 1. The summed E-state index contributed by atoms with van der Waals surface area (Å²) >= 11 is 1.93. The second-order valence-electron chi connectivity index (χ2n) is 5.28. The van der Waals surface area contributed by atoms with Crippen molar-refractivity contribution in [1.29, 1.82) is 0 Å². The van der Waals surface area contributed by atoms with Gasteiger partial charge < -0.3 is 15.2 Å². The Bertz CT molecular complexity index is 432. The van der Waals surface area contributed by atoms with E-state index in [0.717, 1.165) is 23.4 Å². The summed E-state index contributed by atoms with van der Waals surface area (Å²) in [5, 5.41) is 13.7. The molecular formula is C15H23NO2S. The Morgan fingerprint density at radius 1 is 1.47 bits per heavy atom. The molecule has 4 heteroatoms. The average molecular weight is 281 g/mol. The number of aliphatic hydroxyl groups excluding tert-OH is 1. The van der Waals surface area contributed by atoms with E-state index in [1.165, 1.54) is 12.8 Å². The highest BCUT2D eigenvalue weighted by molar-refractivity contribution is 8.00. The van der Waals surface area contributed by atoms with Crippen LogP contribution in [-0.4, -0.2) is 36.3 Å². The standard InChI is InChI=1S/C15H23NO2S/c1-11-4-5-14(18-2)12(8-11)13(17)9-16-10-15(19-3)6-7-15/h4-5,8,13,16-17H,6-7,9-10H2,1-3H3. The minimum Gasteiger partial charge on any atom is -0.496 e. The molecule has 1 atom stereocenters. The van der Waals surface area contributed by atoms with Gasteiger partial charge in [0.2, 0.25) is 0 Å². The molecule has 3 nitrogen and oxygen atoms in total. The Kier molecular flexibility index (Phi) is 4.76. The third-order valence-electron chi connectivity index (χ3n) is 3.77. The van der Waals surface area contributed by atoms with Crippen LogP contribution in [0.1, 0.15) is 30.1 Å². The van der Waals surface area contributed by atoms with E-state index in [1.807, 2.05) is 36.9 Å². The van der Waals surface area contributed by atoms with E-state index in [0.29, 0.717) is 11.3 Å². The van der Waals surface area contributed by atoms with Crippen LogP contribution in [0.4, 0.5) is 0 Å². The van der Waals surface area contributed by atoms with Crippen molar-refractivity contribution in [2.75, 3.05) is 26.5 Å². The summed E-state index contributed by atoms with van der Waals surface area (Å²) in [6.07, 6.45) is 4.21. The van der Waals surface area contributed by atoms with Crippen LogP contribution in [0.3, 0.4) is 0 Å². The summed E-state index contributed by atoms with van der Waals surface area (Å²) in [4.78, 5) is 0. The fraction of sp³-hybridized carbons (Fsp3) is 0.600. The van der Waals surface area contributed by atoms with Crippen molar-refractivity contribution in [2.45, 2.75) is 30.6 Å². The third-order valence-corrected chi connectivity index (χ3v) is 5.19. The average Bonchev–Trinajstić information content (AvgIpc) is 3.19. The summed E-state index contributed by atoms with van der Waals surface area (Å²) in [6.45, 7) is 3.57. The lowest BCUT2D eigenvalue weighted by Gasteiger charge is -2.18. The number of hydrogen-bond donors (Lipinski definition) is 2. The van der Waals surface area contributed by atoms with Crippen molar-refractivity contribution in [3.05, 3.63) is 29.3 Å². The maximum absolute atomic E-state index is 10.3. The monoisotopic (exact) mass is 281 g/mol. The molecule has 19 heavy (non-hydrogen) atoms. The van der Waals surface area contributed by atoms with Crippen molar-refractivity contribution in [2.24, 2.45) is 0 Å². The van der Waals surface area contributed by atoms with Gasteiger partial charge in [-0.05, 0) is 38.2 Å². The van der Waals surface area contributed by atoms with Crippen LogP contribution in [0.15, 0.2) is 18.2 Å². The van der Waals surface area contributed by atoms with E-state index in [4.69, 9.17) is 4.74 Å². The molecule has 0 bridgehead atoms. The van der Waals surface area contributed by atoms with Gasteiger partial charge >= 0.3 is 0 Å². The van der Waals surface area contributed by atoms with Crippen molar-refractivity contribution in [3.8, 4) is 5.75 Å². The zero-order chi connectivity index (χ0) is 13.9. The molecule has 1 aromatic carbocycles. The maximum Gasteiger partial charge on any atom is 0.124 e. The molecule has 0 heterocycles. The molecule has 106 valence electrons. The Labute approximate surface area is 119 Å². The number of methoxy groups -OCH3 is 1. The Morgan fingerprint density at radius 3 is 2.79 bits per heavy atom. The first kappa shape index (κ1) is 14.7. The first-order chi connectivity index (χ1) is 9.10. The number of benzene rings is 1. The van der Waals surface area contributed by atoms with Crippen LogP contribution in [0.2, 0.25) is 0 Å². The highest BCUT2D eigenvalue weighted by atomic mass is 32.2. The molecule has 2 N–H and O–H groups in total. The number of aliphatic hydroxyl groups is 1. The van der Waals surface area contributed by atoms with Crippen LogP contribution in [0, 0.1) is 6.92 Å². The highest BCUT2D eigenvalue weighted by Gasteiger charge is 2.41. The lowest BCUT2D eigenvalue weighted by atomic mass is 10.1. The van der Waals surface area contributed by atoms with Crippen LogP contribution >= 0.6 is 11.8 Å². The summed E-state index contributed by atoms with van der Waals surface area (Å²) in [5.41, 5.74) is 2.00. The van der Waals surface area contributed by atoms with Crippen LogP contribution in [0.5, 0.6) is 5.75 Å². The molecule has 0 spiro atoms. The molecule has 0 saturated heterocycles. The predicted molar refractivity (Wildman–Crippen MR) is 81.0 cm³/mol. The van der Waals surface area contributed by atoms with Crippen LogP contribution < -0.4 is 10.1 Å². The summed E-state index contributed by atoms with van der Waals surface area (Å²) in [7, 11) is 1.64. The van der Waals surface area contributed by atoms with Gasteiger partial charge in [-0.3, -0.25) is 0 Å². The molecule has 0 radical (unpaired) electrons. The van der Waals surface area contributed by atoms with Crippen molar-refractivity contribution in [3.63, 3.8) is 0 Å². The van der Waals surface area contributed by atoms with Gasteiger partial charge in [-0.25, -0.2) is 0 Å². The Hall–Kier alpha value is -0.710. The van der Waals surface area contributed by atoms with Gasteiger partial charge in [-0.2, -0.15) is 11.8 Å². The highest BCUT2D eigenvalue weighted by Crippen LogP contribution is 2.46. The zero-order valence-electron chi connectivity index (χ0n) is 11.9. The Balaban J connectivity index is 1.92. The largest absolute Gasteiger partial charge is 0.496 e. The maximum atomic E-state index is 10.3. The van der Waals surface area contributed by atoms with Gasteiger partial charge in [-0.1, -0.05) is 11.6 Å². The van der Waals surface area contributed by atoms with Gasteiger partial charge in [-0.15, -0.1) is 0 Å². The van der Waals surface area contributed by atoms with E-state index in [-0.39, 0.29) is 0 Å². The second kappa shape index (κ2) is 6.16. The second-order valence-corrected chi connectivity index (χ2v) is 6.55. The molecular weight excluding hydrogens is 258 g/mol. The van der Waals surface area contributed by atoms with E-state index in [1.54, 1.807) is 7.11 Å². The van der Waals surface area contributed by atoms with Crippen LogP contribution in [0.25, 0.3) is 0 Å². The van der Waals surface area contributed by atoms with Crippen molar-refractivity contribution < 1.29 is 9.84 Å². The molecule has 1 unspecified atom stereocenters. The lowest BCUT2D eigenvalue weighted by molar-refractivity contribution is 0.170. The number of hydrogen-bond acceptors (Lipinski definition) is 4. The third kappa shape index (κ3) is 3.65. The fourth-order valence-electron chi connectivity index (χ4n) is 2.25. The number of rotatable bonds is 7. The van der Waals surface area contributed by atoms with Crippen LogP contribution in [-0.2, 0) is 0 Å². The van der Waals surface area contributed by atoms with Gasteiger partial charge in [0.25, 0.3) is 0 Å². The molecule has 0 aromatic heterocycles.